The van der Waals surface area contributed by atoms with E-state index in [0.717, 1.165) is 4.90 Å². The fourth-order valence-electron chi connectivity index (χ4n) is 1.07. The monoisotopic (exact) mass is 226 g/mol. The van der Waals surface area contributed by atoms with Crippen molar-refractivity contribution in [2.24, 2.45) is 5.92 Å². The Hall–Kier alpha value is -0.830. The molecule has 1 aromatic carbocycles. The smallest absolute Gasteiger partial charge is 0.154 e. The zero-order valence-corrected chi connectivity index (χ0v) is 9.98. The van der Waals surface area contributed by atoms with Gasteiger partial charge in [0.05, 0.1) is 5.56 Å². The molecule has 0 amide bonds. The Morgan fingerprint density at radius 3 is 2.53 bits per heavy atom. The van der Waals surface area contributed by atoms with E-state index in [1.54, 1.807) is 23.9 Å². The summed E-state index contributed by atoms with van der Waals surface area (Å²) >= 11 is 1.55. The first-order valence-corrected chi connectivity index (χ1v) is 5.84. The van der Waals surface area contributed by atoms with Crippen LogP contribution in [0.25, 0.3) is 0 Å². The molecule has 0 fully saturated rings. The number of benzene rings is 1. The lowest BCUT2D eigenvalue weighted by Gasteiger charge is -2.15. The minimum absolute atomic E-state index is 0.176. The van der Waals surface area contributed by atoms with Gasteiger partial charge in [-0.3, -0.25) is 4.79 Å². The first-order valence-electron chi connectivity index (χ1n) is 4.96. The third-order valence-corrected chi connectivity index (χ3v) is 3.91. The highest BCUT2D eigenvalue weighted by molar-refractivity contribution is 8.00. The van der Waals surface area contributed by atoms with E-state index in [0.29, 0.717) is 17.5 Å². The number of aldehydes is 1. The molecule has 1 nitrogen and oxygen atoms in total. The van der Waals surface area contributed by atoms with Gasteiger partial charge in [0.2, 0.25) is 0 Å². The van der Waals surface area contributed by atoms with Crippen LogP contribution >= 0.6 is 11.8 Å². The minimum Gasteiger partial charge on any atom is -0.298 e. The van der Waals surface area contributed by atoms with Crippen molar-refractivity contribution in [3.8, 4) is 0 Å². The number of hydrogen-bond donors (Lipinski definition) is 0. The van der Waals surface area contributed by atoms with Crippen molar-refractivity contribution in [1.29, 1.82) is 0 Å². The normalized spacial score (nSPS) is 12.9. The van der Waals surface area contributed by atoms with Gasteiger partial charge >= 0.3 is 0 Å². The van der Waals surface area contributed by atoms with E-state index in [1.165, 1.54) is 6.07 Å². The fourth-order valence-corrected chi connectivity index (χ4v) is 2.17. The van der Waals surface area contributed by atoms with Gasteiger partial charge in [-0.15, -0.1) is 11.8 Å². The molecule has 15 heavy (non-hydrogen) atoms. The predicted octanol–water partition coefficient (Wildman–Crippen LogP) is 3.77. The number of hydrogen-bond acceptors (Lipinski definition) is 2. The van der Waals surface area contributed by atoms with Crippen LogP contribution in [0.1, 0.15) is 31.1 Å². The third kappa shape index (κ3) is 3.06. The van der Waals surface area contributed by atoms with Gasteiger partial charge in [0.1, 0.15) is 5.82 Å². The standard InChI is InChI=1S/C12H15FOS/c1-8(2)9(3)15-12-6-4-5-11(13)10(12)7-14/h4-9H,1-3H3. The Kier molecular flexibility index (Phi) is 4.33. The molecular weight excluding hydrogens is 211 g/mol. The van der Waals surface area contributed by atoms with Crippen LogP contribution in [0.2, 0.25) is 0 Å². The molecule has 1 atom stereocenters. The number of carbonyl (C=O) groups excluding carboxylic acids is 1. The predicted molar refractivity (Wildman–Crippen MR) is 61.9 cm³/mol. The Balaban J connectivity index is 2.94. The molecule has 0 heterocycles. The lowest BCUT2D eigenvalue weighted by Crippen LogP contribution is -2.06. The molecule has 0 aromatic heterocycles. The van der Waals surface area contributed by atoms with Crippen molar-refractivity contribution in [3.05, 3.63) is 29.6 Å². The summed E-state index contributed by atoms with van der Waals surface area (Å²) in [6.07, 6.45) is 0.588. The Labute approximate surface area is 94.1 Å². The molecule has 0 radical (unpaired) electrons. The van der Waals surface area contributed by atoms with Gasteiger partial charge in [-0.05, 0) is 18.1 Å². The molecule has 0 aliphatic carbocycles. The largest absolute Gasteiger partial charge is 0.298 e. The molecule has 1 unspecified atom stereocenters. The highest BCUT2D eigenvalue weighted by Gasteiger charge is 2.13. The van der Waals surface area contributed by atoms with Crippen molar-refractivity contribution in [2.75, 3.05) is 0 Å². The van der Waals surface area contributed by atoms with Gasteiger partial charge < -0.3 is 0 Å². The number of halogens is 1. The number of thioether (sulfide) groups is 1. The van der Waals surface area contributed by atoms with Gasteiger partial charge in [0.15, 0.2) is 6.29 Å². The summed E-state index contributed by atoms with van der Waals surface area (Å²) in [6, 6.07) is 4.74. The van der Waals surface area contributed by atoms with Crippen LogP contribution in [-0.2, 0) is 0 Å². The van der Waals surface area contributed by atoms with Crippen LogP contribution < -0.4 is 0 Å². The van der Waals surface area contributed by atoms with Gasteiger partial charge in [0.25, 0.3) is 0 Å². The lowest BCUT2D eigenvalue weighted by atomic mass is 10.2. The van der Waals surface area contributed by atoms with E-state index in [1.807, 2.05) is 0 Å². The molecule has 1 rings (SSSR count). The molecule has 3 heteroatoms. The van der Waals surface area contributed by atoms with Crippen LogP contribution in [0.3, 0.4) is 0 Å². The second kappa shape index (κ2) is 5.31. The quantitative estimate of drug-likeness (QED) is 0.574. The third-order valence-electron chi connectivity index (χ3n) is 2.38. The van der Waals surface area contributed by atoms with E-state index in [4.69, 9.17) is 0 Å². The molecule has 1 aromatic rings. The van der Waals surface area contributed by atoms with Gasteiger partial charge in [-0.25, -0.2) is 4.39 Å². The first kappa shape index (κ1) is 12.2. The van der Waals surface area contributed by atoms with Crippen LogP contribution in [0.4, 0.5) is 4.39 Å². The second-order valence-corrected chi connectivity index (χ2v) is 5.26. The van der Waals surface area contributed by atoms with E-state index >= 15 is 0 Å². The number of carbonyl (C=O) groups is 1. The average molecular weight is 226 g/mol. The summed E-state index contributed by atoms with van der Waals surface area (Å²) in [4.78, 5) is 11.5. The molecule has 0 N–H and O–H groups in total. The molecule has 0 aliphatic rings. The van der Waals surface area contributed by atoms with E-state index in [2.05, 4.69) is 20.8 Å². The Bertz CT molecular complexity index is 349. The first-order chi connectivity index (χ1) is 7.06. The molecular formula is C12H15FOS. The van der Waals surface area contributed by atoms with Gasteiger partial charge in [-0.1, -0.05) is 26.8 Å². The minimum atomic E-state index is -0.439. The zero-order valence-electron chi connectivity index (χ0n) is 9.16. The van der Waals surface area contributed by atoms with Gasteiger partial charge in [-0.2, -0.15) is 0 Å². The summed E-state index contributed by atoms with van der Waals surface area (Å²) in [6.45, 7) is 6.30. The summed E-state index contributed by atoms with van der Waals surface area (Å²) in [5, 5.41) is 0.366. The molecule has 0 bridgehead atoms. The molecule has 0 saturated carbocycles. The van der Waals surface area contributed by atoms with E-state index < -0.39 is 5.82 Å². The Morgan fingerprint density at radius 2 is 2.00 bits per heavy atom. The highest BCUT2D eigenvalue weighted by Crippen LogP contribution is 2.30. The Morgan fingerprint density at radius 1 is 1.33 bits per heavy atom. The second-order valence-electron chi connectivity index (χ2n) is 3.84. The lowest BCUT2D eigenvalue weighted by molar-refractivity contribution is 0.111. The average Bonchev–Trinajstić information content (AvgIpc) is 2.18. The van der Waals surface area contributed by atoms with Crippen LogP contribution in [0.5, 0.6) is 0 Å². The van der Waals surface area contributed by atoms with Gasteiger partial charge in [0, 0.05) is 10.1 Å². The summed E-state index contributed by atoms with van der Waals surface area (Å²) in [7, 11) is 0. The zero-order chi connectivity index (χ0) is 11.4. The molecule has 0 spiro atoms. The molecule has 82 valence electrons. The van der Waals surface area contributed by atoms with Crippen molar-refractivity contribution >= 4 is 18.0 Å². The number of rotatable bonds is 4. The summed E-state index contributed by atoms with van der Waals surface area (Å²) in [5.41, 5.74) is 0.176. The maximum atomic E-state index is 13.3. The topological polar surface area (TPSA) is 17.1 Å². The maximum Gasteiger partial charge on any atom is 0.154 e. The van der Waals surface area contributed by atoms with Crippen molar-refractivity contribution in [1.82, 2.24) is 0 Å². The van der Waals surface area contributed by atoms with E-state index in [-0.39, 0.29) is 5.56 Å². The summed E-state index contributed by atoms with van der Waals surface area (Å²) in [5.74, 6) is 0.0590. The van der Waals surface area contributed by atoms with Crippen LogP contribution in [0.15, 0.2) is 23.1 Å². The van der Waals surface area contributed by atoms with Crippen molar-refractivity contribution < 1.29 is 9.18 Å². The fraction of sp³-hybridized carbons (Fsp3) is 0.417. The summed E-state index contributed by atoms with van der Waals surface area (Å²) < 4.78 is 13.3. The van der Waals surface area contributed by atoms with Crippen molar-refractivity contribution in [3.63, 3.8) is 0 Å². The maximum absolute atomic E-state index is 13.3. The van der Waals surface area contributed by atoms with Crippen LogP contribution in [0, 0.1) is 11.7 Å². The van der Waals surface area contributed by atoms with Crippen molar-refractivity contribution in [2.45, 2.75) is 30.9 Å². The van der Waals surface area contributed by atoms with E-state index in [9.17, 15) is 9.18 Å². The molecule has 0 aliphatic heterocycles. The highest BCUT2D eigenvalue weighted by atomic mass is 32.2. The molecule has 0 saturated heterocycles. The van der Waals surface area contributed by atoms with Crippen LogP contribution in [-0.4, -0.2) is 11.5 Å². The SMILES string of the molecule is CC(C)C(C)Sc1cccc(F)c1C=O.